The zero-order valence-electron chi connectivity index (χ0n) is 10.2. The Morgan fingerprint density at radius 3 is 2.89 bits per heavy atom. The van der Waals surface area contributed by atoms with Gasteiger partial charge in [-0.15, -0.1) is 0 Å². The second-order valence-electron chi connectivity index (χ2n) is 4.46. The number of amides is 2. The lowest BCUT2D eigenvalue weighted by atomic mass is 10.1. The molecule has 1 aromatic heterocycles. The van der Waals surface area contributed by atoms with Gasteiger partial charge in [0.05, 0.1) is 0 Å². The van der Waals surface area contributed by atoms with Crippen molar-refractivity contribution in [2.24, 2.45) is 0 Å². The molecule has 18 heavy (non-hydrogen) atoms. The van der Waals surface area contributed by atoms with Gasteiger partial charge in [-0.05, 0) is 30.5 Å². The Morgan fingerprint density at radius 2 is 2.22 bits per heavy atom. The van der Waals surface area contributed by atoms with Crippen molar-refractivity contribution in [1.29, 1.82) is 0 Å². The normalized spacial score (nSPS) is 19.1. The average molecular weight is 247 g/mol. The van der Waals surface area contributed by atoms with Crippen LogP contribution in [0, 0.1) is 0 Å². The molecule has 2 heterocycles. The molecule has 1 aromatic rings. The molecular formula is C13H17N3O2. The van der Waals surface area contributed by atoms with Gasteiger partial charge in [0, 0.05) is 37.8 Å². The molecule has 0 radical (unpaired) electrons. The van der Waals surface area contributed by atoms with Crippen LogP contribution in [0.4, 0.5) is 0 Å². The van der Waals surface area contributed by atoms with Crippen molar-refractivity contribution < 1.29 is 9.59 Å². The number of hydrogen-bond donors (Lipinski definition) is 2. The minimum Gasteiger partial charge on any atom is -0.354 e. The maximum Gasteiger partial charge on any atom is 0.220 e. The number of pyridine rings is 1. The van der Waals surface area contributed by atoms with E-state index in [9.17, 15) is 9.59 Å². The van der Waals surface area contributed by atoms with Crippen LogP contribution in [0.3, 0.4) is 0 Å². The summed E-state index contributed by atoms with van der Waals surface area (Å²) in [5.41, 5.74) is 1.11. The summed E-state index contributed by atoms with van der Waals surface area (Å²) >= 11 is 0. The van der Waals surface area contributed by atoms with Gasteiger partial charge >= 0.3 is 0 Å². The Bertz CT molecular complexity index is 410. The van der Waals surface area contributed by atoms with E-state index in [1.54, 1.807) is 12.4 Å². The van der Waals surface area contributed by atoms with Crippen LogP contribution in [0.5, 0.6) is 0 Å². The minimum absolute atomic E-state index is 0.0351. The molecule has 2 rings (SSSR count). The SMILES string of the molecule is O=C1CCC(NC(=O)CCc2ccncc2)CN1. The van der Waals surface area contributed by atoms with E-state index in [4.69, 9.17) is 0 Å². The molecule has 0 spiro atoms. The average Bonchev–Trinajstić information content (AvgIpc) is 2.40. The number of carbonyl (C=O) groups excluding carboxylic acids is 2. The largest absolute Gasteiger partial charge is 0.354 e. The summed E-state index contributed by atoms with van der Waals surface area (Å²) in [6.45, 7) is 0.541. The van der Waals surface area contributed by atoms with E-state index in [1.165, 1.54) is 0 Å². The van der Waals surface area contributed by atoms with Crippen molar-refractivity contribution in [3.63, 3.8) is 0 Å². The second-order valence-corrected chi connectivity index (χ2v) is 4.46. The molecule has 5 heteroatoms. The lowest BCUT2D eigenvalue weighted by Crippen LogP contribution is -2.47. The van der Waals surface area contributed by atoms with Gasteiger partial charge in [-0.25, -0.2) is 0 Å². The molecule has 0 bridgehead atoms. The smallest absolute Gasteiger partial charge is 0.220 e. The summed E-state index contributed by atoms with van der Waals surface area (Å²) in [6, 6.07) is 3.90. The highest BCUT2D eigenvalue weighted by Crippen LogP contribution is 2.04. The number of piperidine rings is 1. The number of nitrogens with zero attached hydrogens (tertiary/aromatic N) is 1. The monoisotopic (exact) mass is 247 g/mol. The number of aromatic nitrogens is 1. The molecule has 1 unspecified atom stereocenters. The maximum absolute atomic E-state index is 11.7. The maximum atomic E-state index is 11.7. The Hall–Kier alpha value is -1.91. The minimum atomic E-state index is 0.0351. The van der Waals surface area contributed by atoms with Crippen molar-refractivity contribution in [3.05, 3.63) is 30.1 Å². The summed E-state index contributed by atoms with van der Waals surface area (Å²) in [4.78, 5) is 26.6. The zero-order valence-corrected chi connectivity index (χ0v) is 10.2. The molecule has 1 aliphatic rings. The van der Waals surface area contributed by atoms with E-state index >= 15 is 0 Å². The summed E-state index contributed by atoms with van der Waals surface area (Å²) in [5.74, 6) is 0.102. The lowest BCUT2D eigenvalue weighted by molar-refractivity contribution is -0.125. The summed E-state index contributed by atoms with van der Waals surface area (Å²) < 4.78 is 0. The molecule has 0 aliphatic carbocycles. The molecule has 0 aromatic carbocycles. The molecule has 96 valence electrons. The van der Waals surface area contributed by atoms with Gasteiger partial charge in [-0.1, -0.05) is 0 Å². The van der Waals surface area contributed by atoms with Crippen LogP contribution >= 0.6 is 0 Å². The van der Waals surface area contributed by atoms with Crippen LogP contribution in [0.15, 0.2) is 24.5 Å². The molecular weight excluding hydrogens is 230 g/mol. The Balaban J connectivity index is 1.71. The van der Waals surface area contributed by atoms with Gasteiger partial charge < -0.3 is 10.6 Å². The number of carbonyl (C=O) groups is 2. The summed E-state index contributed by atoms with van der Waals surface area (Å²) in [7, 11) is 0. The van der Waals surface area contributed by atoms with Crippen LogP contribution in [0.1, 0.15) is 24.8 Å². The fourth-order valence-corrected chi connectivity index (χ4v) is 1.96. The predicted octanol–water partition coefficient (Wildman–Crippen LogP) is 0.409. The standard InChI is InChI=1S/C13H17N3O2/c17-12-4-2-11(9-15-12)16-13(18)3-1-10-5-7-14-8-6-10/h5-8,11H,1-4,9H2,(H,15,17)(H,16,18). The third-order valence-electron chi connectivity index (χ3n) is 3.02. The number of aryl methyl sites for hydroxylation is 1. The quantitative estimate of drug-likeness (QED) is 0.809. The molecule has 0 saturated carbocycles. The second kappa shape index (κ2) is 6.14. The number of nitrogens with one attached hydrogen (secondary N) is 2. The van der Waals surface area contributed by atoms with E-state index < -0.39 is 0 Å². The fraction of sp³-hybridized carbons (Fsp3) is 0.462. The lowest BCUT2D eigenvalue weighted by Gasteiger charge is -2.23. The van der Waals surface area contributed by atoms with Gasteiger partial charge in [0.15, 0.2) is 0 Å². The molecule has 1 aliphatic heterocycles. The van der Waals surface area contributed by atoms with Gasteiger partial charge in [-0.2, -0.15) is 0 Å². The number of hydrogen-bond acceptors (Lipinski definition) is 3. The third-order valence-corrected chi connectivity index (χ3v) is 3.02. The van der Waals surface area contributed by atoms with Crippen molar-refractivity contribution >= 4 is 11.8 Å². The highest BCUT2D eigenvalue weighted by Gasteiger charge is 2.19. The fourth-order valence-electron chi connectivity index (χ4n) is 1.96. The van der Waals surface area contributed by atoms with Crippen molar-refractivity contribution in [3.8, 4) is 0 Å². The van der Waals surface area contributed by atoms with Crippen LogP contribution in [-0.4, -0.2) is 29.4 Å². The van der Waals surface area contributed by atoms with E-state index in [2.05, 4.69) is 15.6 Å². The molecule has 1 fully saturated rings. The summed E-state index contributed by atoms with van der Waals surface area (Å²) in [5, 5.41) is 5.69. The first-order chi connectivity index (χ1) is 8.74. The third kappa shape index (κ3) is 3.84. The van der Waals surface area contributed by atoms with E-state index in [0.717, 1.165) is 12.0 Å². The first-order valence-electron chi connectivity index (χ1n) is 6.19. The predicted molar refractivity (Wildman–Crippen MR) is 66.7 cm³/mol. The Labute approximate surface area is 106 Å². The topological polar surface area (TPSA) is 71.1 Å². The highest BCUT2D eigenvalue weighted by atomic mass is 16.2. The van der Waals surface area contributed by atoms with Gasteiger partial charge in [0.1, 0.15) is 0 Å². The molecule has 1 atom stereocenters. The highest BCUT2D eigenvalue weighted by molar-refractivity contribution is 5.79. The van der Waals surface area contributed by atoms with Crippen molar-refractivity contribution in [1.82, 2.24) is 15.6 Å². The van der Waals surface area contributed by atoms with Crippen molar-refractivity contribution in [2.75, 3.05) is 6.54 Å². The zero-order chi connectivity index (χ0) is 12.8. The Morgan fingerprint density at radius 1 is 1.44 bits per heavy atom. The van der Waals surface area contributed by atoms with Crippen LogP contribution in [0.2, 0.25) is 0 Å². The first-order valence-corrected chi connectivity index (χ1v) is 6.19. The molecule has 1 saturated heterocycles. The Kier molecular flexibility index (Phi) is 4.28. The van der Waals surface area contributed by atoms with E-state index in [1.807, 2.05) is 12.1 Å². The molecule has 2 N–H and O–H groups in total. The van der Waals surface area contributed by atoms with Gasteiger partial charge in [0.2, 0.25) is 11.8 Å². The van der Waals surface area contributed by atoms with Crippen LogP contribution in [0.25, 0.3) is 0 Å². The van der Waals surface area contributed by atoms with Gasteiger partial charge in [-0.3, -0.25) is 14.6 Å². The van der Waals surface area contributed by atoms with Crippen LogP contribution < -0.4 is 10.6 Å². The molecule has 5 nitrogen and oxygen atoms in total. The van der Waals surface area contributed by atoms with Crippen LogP contribution in [-0.2, 0) is 16.0 Å². The number of rotatable bonds is 4. The van der Waals surface area contributed by atoms with E-state index in [-0.39, 0.29) is 17.9 Å². The molecule has 2 amide bonds. The van der Waals surface area contributed by atoms with E-state index in [0.29, 0.717) is 25.8 Å². The first kappa shape index (κ1) is 12.5. The van der Waals surface area contributed by atoms with Gasteiger partial charge in [0.25, 0.3) is 0 Å². The van der Waals surface area contributed by atoms with Crippen molar-refractivity contribution in [2.45, 2.75) is 31.7 Å². The summed E-state index contributed by atoms with van der Waals surface area (Å²) in [6.07, 6.45) is 5.86.